The van der Waals surface area contributed by atoms with Crippen molar-refractivity contribution >= 4 is 33.0 Å². The molecule has 3 aromatic rings. The topological polar surface area (TPSA) is 46.2 Å². The summed E-state index contributed by atoms with van der Waals surface area (Å²) in [5, 5.41) is 0. The first kappa shape index (κ1) is 17.9. The summed E-state index contributed by atoms with van der Waals surface area (Å²) in [5.74, 6) is 0. The summed E-state index contributed by atoms with van der Waals surface area (Å²) in [7, 11) is -3.28. The maximum Gasteiger partial charge on any atom is 0.229 e. The second-order valence-electron chi connectivity index (χ2n) is 6.49. The summed E-state index contributed by atoms with van der Waals surface area (Å²) < 4.78 is 25.5. The lowest BCUT2D eigenvalue weighted by molar-refractivity contribution is 0.607. The van der Waals surface area contributed by atoms with Gasteiger partial charge in [0.15, 0.2) is 0 Å². The number of hydrogen-bond acceptors (Lipinski definition) is 3. The van der Waals surface area contributed by atoms with E-state index in [0.29, 0.717) is 5.69 Å². The molecular weight excluding hydrogens is 374 g/mol. The second kappa shape index (κ2) is 7.25. The smallest absolute Gasteiger partial charge is 0.229 e. The number of sulfonamides is 1. The SMILES string of the molecule is CS(=O)(=O)Nc1cccc(CC=C2c3ccccc3Sc3ccccc32)c1. The summed E-state index contributed by atoms with van der Waals surface area (Å²) in [4.78, 5) is 2.52. The van der Waals surface area contributed by atoms with Gasteiger partial charge in [-0.3, -0.25) is 4.72 Å². The molecule has 0 aliphatic carbocycles. The quantitative estimate of drug-likeness (QED) is 0.518. The van der Waals surface area contributed by atoms with Crippen molar-refractivity contribution in [3.63, 3.8) is 0 Å². The van der Waals surface area contributed by atoms with Crippen LogP contribution in [0.5, 0.6) is 0 Å². The number of benzene rings is 3. The average Bonchev–Trinajstić information content (AvgIpc) is 2.64. The zero-order valence-corrected chi connectivity index (χ0v) is 16.5. The van der Waals surface area contributed by atoms with E-state index in [1.165, 1.54) is 26.5 Å². The molecule has 27 heavy (non-hydrogen) atoms. The van der Waals surface area contributed by atoms with Crippen molar-refractivity contribution < 1.29 is 8.42 Å². The molecule has 5 heteroatoms. The monoisotopic (exact) mass is 393 g/mol. The van der Waals surface area contributed by atoms with Gasteiger partial charge in [-0.05, 0) is 52.9 Å². The van der Waals surface area contributed by atoms with E-state index in [9.17, 15) is 8.42 Å². The molecule has 0 saturated heterocycles. The van der Waals surface area contributed by atoms with Gasteiger partial charge in [-0.2, -0.15) is 0 Å². The van der Waals surface area contributed by atoms with Gasteiger partial charge in [-0.1, -0.05) is 66.4 Å². The molecule has 1 N–H and O–H groups in total. The standard InChI is InChI=1S/C22H19NO2S2/c1-27(24,25)23-17-8-6-7-16(15-17)13-14-18-19-9-2-4-11-21(19)26-22-12-5-3-10-20(18)22/h2-12,14-15,23H,13H2,1H3. The second-order valence-corrected chi connectivity index (χ2v) is 9.32. The highest BCUT2D eigenvalue weighted by Gasteiger charge is 2.19. The lowest BCUT2D eigenvalue weighted by atomic mass is 9.95. The predicted octanol–water partition coefficient (Wildman–Crippen LogP) is 5.20. The number of allylic oxidation sites excluding steroid dienone is 1. The van der Waals surface area contributed by atoms with Gasteiger partial charge in [-0.15, -0.1) is 0 Å². The van der Waals surface area contributed by atoms with Gasteiger partial charge < -0.3 is 0 Å². The van der Waals surface area contributed by atoms with E-state index < -0.39 is 10.0 Å². The molecule has 4 rings (SSSR count). The molecule has 1 aliphatic rings. The molecule has 3 aromatic carbocycles. The molecular formula is C22H19NO2S2. The van der Waals surface area contributed by atoms with Gasteiger partial charge in [0.1, 0.15) is 0 Å². The molecule has 1 heterocycles. The summed E-state index contributed by atoms with van der Waals surface area (Å²) >= 11 is 1.80. The van der Waals surface area contributed by atoms with Crippen molar-refractivity contribution in [1.29, 1.82) is 0 Å². The van der Waals surface area contributed by atoms with Crippen molar-refractivity contribution in [2.24, 2.45) is 0 Å². The van der Waals surface area contributed by atoms with E-state index in [0.717, 1.165) is 18.2 Å². The highest BCUT2D eigenvalue weighted by atomic mass is 32.2. The molecule has 0 unspecified atom stereocenters. The van der Waals surface area contributed by atoms with Gasteiger partial charge in [-0.25, -0.2) is 8.42 Å². The molecule has 0 radical (unpaired) electrons. The van der Waals surface area contributed by atoms with Crippen molar-refractivity contribution in [2.75, 3.05) is 11.0 Å². The highest BCUT2D eigenvalue weighted by Crippen LogP contribution is 2.45. The minimum absolute atomic E-state index is 0.591. The Bertz CT molecular complexity index is 1090. The fourth-order valence-electron chi connectivity index (χ4n) is 3.24. The van der Waals surface area contributed by atoms with Crippen LogP contribution >= 0.6 is 11.8 Å². The summed E-state index contributed by atoms with van der Waals surface area (Å²) in [6.07, 6.45) is 4.12. The number of rotatable bonds is 4. The van der Waals surface area contributed by atoms with Crippen LogP contribution in [0.2, 0.25) is 0 Å². The third-order valence-corrected chi connectivity index (χ3v) is 6.10. The Balaban J connectivity index is 1.70. The van der Waals surface area contributed by atoms with Crippen molar-refractivity contribution in [3.8, 4) is 0 Å². The molecule has 0 saturated carbocycles. The predicted molar refractivity (Wildman–Crippen MR) is 113 cm³/mol. The Morgan fingerprint density at radius 3 is 2.15 bits per heavy atom. The van der Waals surface area contributed by atoms with Crippen LogP contribution in [0.25, 0.3) is 5.57 Å². The highest BCUT2D eigenvalue weighted by molar-refractivity contribution is 7.99. The molecule has 0 atom stereocenters. The Morgan fingerprint density at radius 2 is 1.52 bits per heavy atom. The van der Waals surface area contributed by atoms with E-state index >= 15 is 0 Å². The minimum Gasteiger partial charge on any atom is -0.284 e. The molecule has 136 valence electrons. The Morgan fingerprint density at radius 1 is 0.889 bits per heavy atom. The van der Waals surface area contributed by atoms with Crippen LogP contribution in [0.1, 0.15) is 16.7 Å². The van der Waals surface area contributed by atoms with Gasteiger partial charge in [0, 0.05) is 15.5 Å². The van der Waals surface area contributed by atoms with E-state index in [2.05, 4.69) is 59.3 Å². The summed E-state index contributed by atoms with van der Waals surface area (Å²) in [5.41, 5.74) is 5.36. The summed E-state index contributed by atoms with van der Waals surface area (Å²) in [6.45, 7) is 0. The van der Waals surface area contributed by atoms with Gasteiger partial charge in [0.2, 0.25) is 10.0 Å². The molecule has 3 nitrogen and oxygen atoms in total. The largest absolute Gasteiger partial charge is 0.284 e. The summed E-state index contributed by atoms with van der Waals surface area (Å²) in [6, 6.07) is 24.4. The fraction of sp³-hybridized carbons (Fsp3) is 0.0909. The number of anilines is 1. The maximum absolute atomic E-state index is 11.5. The van der Waals surface area contributed by atoms with Crippen molar-refractivity contribution in [1.82, 2.24) is 0 Å². The Hall–Kier alpha value is -2.50. The lowest BCUT2D eigenvalue weighted by Gasteiger charge is -2.22. The molecule has 1 aliphatic heterocycles. The fourth-order valence-corrected chi connectivity index (χ4v) is 4.90. The zero-order valence-electron chi connectivity index (χ0n) is 14.8. The first-order valence-corrected chi connectivity index (χ1v) is 11.3. The number of fused-ring (bicyclic) bond motifs is 2. The van der Waals surface area contributed by atoms with E-state index in [1.807, 2.05) is 18.2 Å². The lowest BCUT2D eigenvalue weighted by Crippen LogP contribution is -2.09. The zero-order chi connectivity index (χ0) is 18.9. The number of hydrogen-bond donors (Lipinski definition) is 1. The Labute approximate surface area is 164 Å². The molecule has 0 spiro atoms. The first-order valence-electron chi connectivity index (χ1n) is 8.63. The molecule has 0 fully saturated rings. The van der Waals surface area contributed by atoms with Crippen LogP contribution < -0.4 is 4.72 Å². The average molecular weight is 394 g/mol. The van der Waals surface area contributed by atoms with Crippen LogP contribution in [0.3, 0.4) is 0 Å². The van der Waals surface area contributed by atoms with Crippen LogP contribution in [0.15, 0.2) is 88.7 Å². The minimum atomic E-state index is -3.28. The molecule has 0 aromatic heterocycles. The van der Waals surface area contributed by atoms with Crippen molar-refractivity contribution in [3.05, 3.63) is 95.6 Å². The van der Waals surface area contributed by atoms with E-state index in [4.69, 9.17) is 0 Å². The maximum atomic E-state index is 11.5. The molecule has 0 bridgehead atoms. The van der Waals surface area contributed by atoms with Crippen LogP contribution in [0, 0.1) is 0 Å². The van der Waals surface area contributed by atoms with Crippen LogP contribution in [0.4, 0.5) is 5.69 Å². The van der Waals surface area contributed by atoms with E-state index in [1.54, 1.807) is 17.8 Å². The normalized spacial score (nSPS) is 12.9. The first-order chi connectivity index (χ1) is 13.0. The third-order valence-electron chi connectivity index (χ3n) is 4.35. The third kappa shape index (κ3) is 4.10. The number of nitrogens with one attached hydrogen (secondary N) is 1. The van der Waals surface area contributed by atoms with Crippen LogP contribution in [-0.4, -0.2) is 14.7 Å². The van der Waals surface area contributed by atoms with Gasteiger partial charge in [0.25, 0.3) is 0 Å². The van der Waals surface area contributed by atoms with Gasteiger partial charge in [0.05, 0.1) is 6.26 Å². The van der Waals surface area contributed by atoms with Gasteiger partial charge >= 0.3 is 0 Å². The Kier molecular flexibility index (Phi) is 4.81. The van der Waals surface area contributed by atoms with Crippen LogP contribution in [-0.2, 0) is 16.4 Å². The molecule has 0 amide bonds. The van der Waals surface area contributed by atoms with Crippen molar-refractivity contribution in [2.45, 2.75) is 16.2 Å². The van der Waals surface area contributed by atoms with E-state index in [-0.39, 0.29) is 0 Å².